The summed E-state index contributed by atoms with van der Waals surface area (Å²) in [7, 11) is 1.55. The van der Waals surface area contributed by atoms with Crippen LogP contribution < -0.4 is 16.3 Å². The lowest BCUT2D eigenvalue weighted by Crippen LogP contribution is -2.70. The Balaban J connectivity index is 1.59. The number of hydrogen-bond donors (Lipinski definition) is 1. The molecule has 1 aromatic carbocycles. The Morgan fingerprint density at radius 3 is 2.59 bits per heavy atom. The van der Waals surface area contributed by atoms with E-state index in [2.05, 4.69) is 15.9 Å². The number of rotatable bonds is 2. The predicted octanol–water partition coefficient (Wildman–Crippen LogP) is 0.450. The first-order valence-corrected chi connectivity index (χ1v) is 8.50. The van der Waals surface area contributed by atoms with Gasteiger partial charge in [-0.2, -0.15) is 4.52 Å². The molecule has 2 aromatic heterocycles. The normalized spacial score (nSPS) is 20.4. The number of hydrogen-bond acceptors (Lipinski definition) is 4. The molecule has 10 heteroatoms. The maximum absolute atomic E-state index is 14.1. The number of aryl methyl sites for hydroxylation is 1. The Kier molecular flexibility index (Phi) is 4.14. The van der Waals surface area contributed by atoms with Crippen LogP contribution in [0.4, 0.5) is 19.0 Å². The second kappa shape index (κ2) is 6.38. The van der Waals surface area contributed by atoms with Gasteiger partial charge in [-0.25, -0.2) is 22.6 Å². The SMILES string of the molecule is Cn1nc2ccc(N3CC[C@H](c4cc(F)c(F)cc4F)[C@@H]([NH3+])C3)nn2c1=O. The molecule has 27 heavy (non-hydrogen) atoms. The van der Waals surface area contributed by atoms with Crippen molar-refractivity contribution in [3.63, 3.8) is 0 Å². The monoisotopic (exact) mass is 379 g/mol. The van der Waals surface area contributed by atoms with E-state index in [0.29, 0.717) is 37.0 Å². The molecular weight excluding hydrogens is 361 g/mol. The number of quaternary nitrogens is 1. The van der Waals surface area contributed by atoms with Crippen LogP contribution in [0.1, 0.15) is 17.9 Å². The van der Waals surface area contributed by atoms with E-state index < -0.39 is 17.5 Å². The minimum absolute atomic E-state index is 0.139. The Morgan fingerprint density at radius 1 is 1.11 bits per heavy atom. The molecule has 4 rings (SSSR count). The fraction of sp³-hybridized carbons (Fsp3) is 0.353. The van der Waals surface area contributed by atoms with Gasteiger partial charge in [-0.1, -0.05) is 0 Å². The Labute approximate surface area is 151 Å². The molecule has 1 aliphatic heterocycles. The summed E-state index contributed by atoms with van der Waals surface area (Å²) in [5.74, 6) is -2.78. The van der Waals surface area contributed by atoms with E-state index in [1.165, 1.54) is 9.20 Å². The fourth-order valence-corrected chi connectivity index (χ4v) is 3.60. The summed E-state index contributed by atoms with van der Waals surface area (Å²) in [5, 5.41) is 8.39. The van der Waals surface area contributed by atoms with E-state index >= 15 is 0 Å². The number of aromatic nitrogens is 4. The number of halogens is 3. The lowest BCUT2D eigenvalue weighted by Gasteiger charge is -2.35. The van der Waals surface area contributed by atoms with E-state index in [9.17, 15) is 18.0 Å². The zero-order chi connectivity index (χ0) is 19.3. The molecule has 0 radical (unpaired) electrons. The number of anilines is 1. The third kappa shape index (κ3) is 2.95. The molecule has 0 unspecified atom stereocenters. The molecule has 7 nitrogen and oxygen atoms in total. The topological polar surface area (TPSA) is 83.1 Å². The first kappa shape index (κ1) is 17.5. The van der Waals surface area contributed by atoms with E-state index in [-0.39, 0.29) is 23.2 Å². The molecule has 3 aromatic rings. The molecule has 0 saturated carbocycles. The van der Waals surface area contributed by atoms with Crippen LogP contribution in [0, 0.1) is 17.5 Å². The van der Waals surface area contributed by atoms with Gasteiger partial charge >= 0.3 is 5.69 Å². The van der Waals surface area contributed by atoms with Crippen LogP contribution in [0.5, 0.6) is 0 Å². The summed E-state index contributed by atoms with van der Waals surface area (Å²) >= 11 is 0. The van der Waals surface area contributed by atoms with Crippen LogP contribution in [0.2, 0.25) is 0 Å². The highest BCUT2D eigenvalue weighted by molar-refractivity contribution is 5.46. The molecule has 0 amide bonds. The maximum atomic E-state index is 14.1. The van der Waals surface area contributed by atoms with Crippen molar-refractivity contribution in [2.75, 3.05) is 18.0 Å². The zero-order valence-electron chi connectivity index (χ0n) is 14.6. The van der Waals surface area contributed by atoms with Gasteiger partial charge in [0.25, 0.3) is 0 Å². The van der Waals surface area contributed by atoms with Crippen LogP contribution in [0.15, 0.2) is 29.1 Å². The molecule has 0 aliphatic carbocycles. The lowest BCUT2D eigenvalue weighted by molar-refractivity contribution is -0.424. The molecule has 1 aliphatic rings. The van der Waals surface area contributed by atoms with Crippen LogP contribution in [0.25, 0.3) is 5.65 Å². The zero-order valence-corrected chi connectivity index (χ0v) is 14.6. The molecule has 2 atom stereocenters. The van der Waals surface area contributed by atoms with Gasteiger partial charge in [0.05, 0.1) is 6.54 Å². The number of piperidine rings is 1. The molecule has 142 valence electrons. The Morgan fingerprint density at radius 2 is 1.85 bits per heavy atom. The molecule has 0 spiro atoms. The summed E-state index contributed by atoms with van der Waals surface area (Å²) in [6.07, 6.45) is 0.498. The van der Waals surface area contributed by atoms with Crippen molar-refractivity contribution in [1.82, 2.24) is 19.4 Å². The van der Waals surface area contributed by atoms with Gasteiger partial charge in [0, 0.05) is 31.1 Å². The van der Waals surface area contributed by atoms with Gasteiger partial charge in [-0.3, -0.25) is 0 Å². The predicted molar refractivity (Wildman–Crippen MR) is 90.8 cm³/mol. The van der Waals surface area contributed by atoms with Gasteiger partial charge in [0.15, 0.2) is 17.3 Å². The second-order valence-electron chi connectivity index (χ2n) is 6.76. The summed E-state index contributed by atoms with van der Waals surface area (Å²) in [6.45, 7) is 0.958. The van der Waals surface area contributed by atoms with E-state index in [4.69, 9.17) is 0 Å². The summed E-state index contributed by atoms with van der Waals surface area (Å²) in [5.41, 5.74) is 4.30. The number of fused-ring (bicyclic) bond motifs is 1. The third-order valence-corrected chi connectivity index (χ3v) is 5.01. The average molecular weight is 379 g/mol. The van der Waals surface area contributed by atoms with E-state index in [0.717, 1.165) is 6.07 Å². The third-order valence-electron chi connectivity index (χ3n) is 5.01. The summed E-state index contributed by atoms with van der Waals surface area (Å²) < 4.78 is 43.3. The van der Waals surface area contributed by atoms with Gasteiger partial charge < -0.3 is 10.6 Å². The summed E-state index contributed by atoms with van der Waals surface area (Å²) in [4.78, 5) is 14.0. The highest BCUT2D eigenvalue weighted by Crippen LogP contribution is 2.31. The Bertz CT molecular complexity index is 1080. The lowest BCUT2D eigenvalue weighted by atomic mass is 9.85. The highest BCUT2D eigenvalue weighted by Gasteiger charge is 2.33. The number of benzene rings is 1. The first-order valence-electron chi connectivity index (χ1n) is 8.50. The minimum Gasteiger partial charge on any atom is -0.353 e. The van der Waals surface area contributed by atoms with Crippen molar-refractivity contribution < 1.29 is 18.9 Å². The van der Waals surface area contributed by atoms with Crippen molar-refractivity contribution in [2.24, 2.45) is 7.05 Å². The van der Waals surface area contributed by atoms with Gasteiger partial charge in [-0.05, 0) is 24.6 Å². The minimum atomic E-state index is -1.20. The molecule has 0 bridgehead atoms. The van der Waals surface area contributed by atoms with E-state index in [1.807, 2.05) is 4.90 Å². The average Bonchev–Trinajstić information content (AvgIpc) is 2.92. The van der Waals surface area contributed by atoms with Crippen molar-refractivity contribution in [3.05, 3.63) is 57.8 Å². The van der Waals surface area contributed by atoms with Crippen LogP contribution in [-0.4, -0.2) is 38.5 Å². The molecule has 3 N–H and O–H groups in total. The smallest absolute Gasteiger partial charge is 0.353 e. The second-order valence-corrected chi connectivity index (χ2v) is 6.76. The molecule has 3 heterocycles. The molecular formula is C17H18F3N6O+. The molecule has 1 saturated heterocycles. The van der Waals surface area contributed by atoms with Crippen molar-refractivity contribution in [2.45, 2.75) is 18.4 Å². The quantitative estimate of drug-likeness (QED) is 0.656. The Hall–Kier alpha value is -2.88. The fourth-order valence-electron chi connectivity index (χ4n) is 3.60. The highest BCUT2D eigenvalue weighted by atomic mass is 19.2. The summed E-state index contributed by atoms with van der Waals surface area (Å²) in [6, 6.07) is 4.69. The maximum Gasteiger partial charge on any atom is 0.366 e. The van der Waals surface area contributed by atoms with Crippen molar-refractivity contribution >= 4 is 11.5 Å². The van der Waals surface area contributed by atoms with Crippen LogP contribution in [0.3, 0.4) is 0 Å². The van der Waals surface area contributed by atoms with Gasteiger partial charge in [0.2, 0.25) is 0 Å². The van der Waals surface area contributed by atoms with Crippen molar-refractivity contribution in [1.29, 1.82) is 0 Å². The first-order chi connectivity index (χ1) is 12.8. The molecule has 1 fully saturated rings. The number of nitrogens with zero attached hydrogens (tertiary/aromatic N) is 5. The van der Waals surface area contributed by atoms with E-state index in [1.54, 1.807) is 19.2 Å². The van der Waals surface area contributed by atoms with Gasteiger partial charge in [-0.15, -0.1) is 10.2 Å². The standard InChI is InChI=1S/C17H17F3N6O/c1-24-17(27)26-16(22-24)3-2-15(23-26)25-5-4-9(14(21)8-25)10-6-12(19)13(20)7-11(10)18/h2-3,6-7,9,14H,4-5,8,21H2,1H3/p+1/t9-,14+/m1/s1. The van der Waals surface area contributed by atoms with Crippen molar-refractivity contribution in [3.8, 4) is 0 Å². The van der Waals surface area contributed by atoms with Crippen LogP contribution in [-0.2, 0) is 7.05 Å². The van der Waals surface area contributed by atoms with Crippen LogP contribution >= 0.6 is 0 Å². The largest absolute Gasteiger partial charge is 0.366 e. The van der Waals surface area contributed by atoms with Gasteiger partial charge in [0.1, 0.15) is 17.7 Å².